The first-order valence-electron chi connectivity index (χ1n) is 9.44. The largest absolute Gasteiger partial charge is 0.478 e. The zero-order chi connectivity index (χ0) is 17.1. The minimum Gasteiger partial charge on any atom is -0.478 e. The maximum atomic E-state index is 11.4. The molecule has 2 saturated carbocycles. The Bertz CT molecular complexity index is 684. The van der Waals surface area contributed by atoms with Gasteiger partial charge in [0.05, 0.1) is 12.0 Å². The number of rotatable bonds is 1. The first-order chi connectivity index (χ1) is 11.4. The normalized spacial score (nSPS) is 46.7. The first-order valence-corrected chi connectivity index (χ1v) is 9.44. The molecule has 3 nitrogen and oxygen atoms in total. The number of carboxylic acids is 1. The molecular weight excluding hydrogens is 298 g/mol. The van der Waals surface area contributed by atoms with Gasteiger partial charge < -0.3 is 5.11 Å². The molecular formula is C21H27NO2. The number of hydrogen-bond acceptors (Lipinski definition) is 2. The zero-order valence-corrected chi connectivity index (χ0v) is 14.7. The van der Waals surface area contributed by atoms with E-state index < -0.39 is 5.97 Å². The van der Waals surface area contributed by atoms with Crippen LogP contribution in [0.2, 0.25) is 0 Å². The highest BCUT2D eigenvalue weighted by molar-refractivity contribution is 5.87. The molecule has 0 saturated heterocycles. The minimum absolute atomic E-state index is 0.133. The highest BCUT2D eigenvalue weighted by Crippen LogP contribution is 2.65. The van der Waals surface area contributed by atoms with E-state index in [1.165, 1.54) is 18.4 Å². The van der Waals surface area contributed by atoms with E-state index >= 15 is 0 Å². The summed E-state index contributed by atoms with van der Waals surface area (Å²) in [6.07, 6.45) is 11.6. The van der Waals surface area contributed by atoms with Gasteiger partial charge in [0.2, 0.25) is 0 Å². The maximum absolute atomic E-state index is 11.4. The van der Waals surface area contributed by atoms with Crippen LogP contribution in [0.1, 0.15) is 58.8 Å². The molecule has 24 heavy (non-hydrogen) atoms. The van der Waals surface area contributed by atoms with Crippen molar-refractivity contribution < 1.29 is 9.90 Å². The van der Waals surface area contributed by atoms with Crippen LogP contribution >= 0.6 is 0 Å². The van der Waals surface area contributed by atoms with Gasteiger partial charge in [0.1, 0.15) is 0 Å². The summed E-state index contributed by atoms with van der Waals surface area (Å²) in [7, 11) is 0. The van der Waals surface area contributed by atoms with Gasteiger partial charge in [-0.05, 0) is 85.2 Å². The quantitative estimate of drug-likeness (QED) is 0.759. The van der Waals surface area contributed by atoms with Crippen molar-refractivity contribution in [2.75, 3.05) is 0 Å². The molecule has 0 amide bonds. The van der Waals surface area contributed by atoms with E-state index in [1.807, 2.05) is 6.08 Å². The standard InChI is InChI=1S/C21H27NO2/c1-20-9-7-13(19(23)24)11-14(20)3-5-16-17-6-4-15(12-22)21(17,2)10-8-18(16)20/h3,11,15-18H,4-10H2,1-2H3,(H,23,24)/t15?,16-,17-,18-,20-,21+/m0/s1. The van der Waals surface area contributed by atoms with Crippen molar-refractivity contribution in [3.05, 3.63) is 23.3 Å². The summed E-state index contributed by atoms with van der Waals surface area (Å²) in [5.74, 6) is 1.46. The number of nitrogens with zero attached hydrogens (tertiary/aromatic N) is 1. The van der Waals surface area contributed by atoms with E-state index in [4.69, 9.17) is 0 Å². The highest BCUT2D eigenvalue weighted by atomic mass is 16.4. The van der Waals surface area contributed by atoms with Crippen molar-refractivity contribution >= 4 is 5.97 Å². The van der Waals surface area contributed by atoms with E-state index in [2.05, 4.69) is 26.0 Å². The number of carbonyl (C=O) groups is 1. The minimum atomic E-state index is -0.760. The molecule has 0 spiro atoms. The number of allylic oxidation sites excluding steroid dienone is 3. The fraction of sp³-hybridized carbons (Fsp3) is 0.714. The second-order valence-corrected chi connectivity index (χ2v) is 8.97. The van der Waals surface area contributed by atoms with Crippen LogP contribution in [-0.2, 0) is 4.79 Å². The molecule has 0 aromatic rings. The molecule has 0 aromatic heterocycles. The maximum Gasteiger partial charge on any atom is 0.331 e. The van der Waals surface area contributed by atoms with Gasteiger partial charge in [-0.1, -0.05) is 19.9 Å². The highest BCUT2D eigenvalue weighted by Gasteiger charge is 2.58. The predicted molar refractivity (Wildman–Crippen MR) is 91.9 cm³/mol. The van der Waals surface area contributed by atoms with E-state index in [0.29, 0.717) is 29.7 Å². The molecule has 4 rings (SSSR count). The first kappa shape index (κ1) is 15.9. The van der Waals surface area contributed by atoms with Crippen LogP contribution in [0.15, 0.2) is 23.3 Å². The number of nitriles is 1. The lowest BCUT2D eigenvalue weighted by atomic mass is 9.48. The lowest BCUT2D eigenvalue weighted by Gasteiger charge is -2.56. The van der Waals surface area contributed by atoms with Crippen LogP contribution < -0.4 is 0 Å². The molecule has 0 aliphatic heterocycles. The Labute approximate surface area is 144 Å². The van der Waals surface area contributed by atoms with Crippen molar-refractivity contribution in [3.8, 4) is 6.07 Å². The molecule has 4 aliphatic rings. The van der Waals surface area contributed by atoms with E-state index in [-0.39, 0.29) is 16.7 Å². The molecule has 2 fully saturated rings. The molecule has 4 aliphatic carbocycles. The molecule has 0 heterocycles. The van der Waals surface area contributed by atoms with E-state index in [1.54, 1.807) is 0 Å². The monoisotopic (exact) mass is 325 g/mol. The van der Waals surface area contributed by atoms with E-state index in [9.17, 15) is 15.2 Å². The summed E-state index contributed by atoms with van der Waals surface area (Å²) in [5, 5.41) is 18.9. The second-order valence-electron chi connectivity index (χ2n) is 8.97. The Morgan fingerprint density at radius 3 is 2.75 bits per heavy atom. The molecule has 3 heteroatoms. The Hall–Kier alpha value is -1.56. The van der Waals surface area contributed by atoms with Crippen LogP contribution in [0, 0.1) is 45.8 Å². The number of hydrogen-bond donors (Lipinski definition) is 1. The van der Waals surface area contributed by atoms with Crippen LogP contribution in [0.3, 0.4) is 0 Å². The Kier molecular flexibility index (Phi) is 3.46. The molecule has 6 atom stereocenters. The molecule has 1 N–H and O–H groups in total. The summed E-state index contributed by atoms with van der Waals surface area (Å²) in [6.45, 7) is 4.73. The third-order valence-corrected chi connectivity index (χ3v) is 8.20. The average molecular weight is 325 g/mol. The van der Waals surface area contributed by atoms with Gasteiger partial charge in [0.15, 0.2) is 0 Å². The zero-order valence-electron chi connectivity index (χ0n) is 14.7. The SMILES string of the molecule is C[C@]12CCC(C(=O)O)=CC1=CC[C@@H]1[C@@H]2CC[C@]2(C)C(C#N)CC[C@@H]12. The van der Waals surface area contributed by atoms with Gasteiger partial charge in [-0.25, -0.2) is 4.79 Å². The average Bonchev–Trinajstić information content (AvgIpc) is 2.90. The topological polar surface area (TPSA) is 61.1 Å². The van der Waals surface area contributed by atoms with E-state index in [0.717, 1.165) is 25.7 Å². The third-order valence-electron chi connectivity index (χ3n) is 8.20. The number of aliphatic carboxylic acids is 1. The van der Waals surface area contributed by atoms with Gasteiger partial charge in [0.25, 0.3) is 0 Å². The second kappa shape index (κ2) is 5.22. The molecule has 0 radical (unpaired) electrons. The van der Waals surface area contributed by atoms with Crippen molar-refractivity contribution in [3.63, 3.8) is 0 Å². The summed E-state index contributed by atoms with van der Waals surface area (Å²) < 4.78 is 0. The summed E-state index contributed by atoms with van der Waals surface area (Å²) >= 11 is 0. The lowest BCUT2D eigenvalue weighted by molar-refractivity contribution is -0.133. The van der Waals surface area contributed by atoms with Crippen LogP contribution in [0.25, 0.3) is 0 Å². The predicted octanol–water partition coefficient (Wildman–Crippen LogP) is 4.71. The molecule has 0 aromatic carbocycles. The Balaban J connectivity index is 1.69. The smallest absolute Gasteiger partial charge is 0.331 e. The summed E-state index contributed by atoms with van der Waals surface area (Å²) in [6, 6.07) is 2.59. The van der Waals surface area contributed by atoms with Gasteiger partial charge in [-0.2, -0.15) is 5.26 Å². The van der Waals surface area contributed by atoms with Gasteiger partial charge >= 0.3 is 5.97 Å². The van der Waals surface area contributed by atoms with Gasteiger partial charge in [0, 0.05) is 5.57 Å². The number of carboxylic acid groups (broad SMARTS) is 1. The Morgan fingerprint density at radius 2 is 2.04 bits per heavy atom. The summed E-state index contributed by atoms with van der Waals surface area (Å²) in [5.41, 5.74) is 2.18. The van der Waals surface area contributed by atoms with Gasteiger partial charge in [-0.15, -0.1) is 0 Å². The fourth-order valence-electron chi connectivity index (χ4n) is 6.71. The van der Waals surface area contributed by atoms with Crippen LogP contribution in [0.5, 0.6) is 0 Å². The van der Waals surface area contributed by atoms with Crippen LogP contribution in [-0.4, -0.2) is 11.1 Å². The van der Waals surface area contributed by atoms with Crippen molar-refractivity contribution in [1.82, 2.24) is 0 Å². The Morgan fingerprint density at radius 1 is 1.25 bits per heavy atom. The van der Waals surface area contributed by atoms with Crippen molar-refractivity contribution in [1.29, 1.82) is 5.26 Å². The summed E-state index contributed by atoms with van der Waals surface area (Å²) in [4.78, 5) is 11.4. The molecule has 0 bridgehead atoms. The molecule has 1 unspecified atom stereocenters. The number of fused-ring (bicyclic) bond motifs is 5. The van der Waals surface area contributed by atoms with Crippen molar-refractivity contribution in [2.45, 2.75) is 58.8 Å². The van der Waals surface area contributed by atoms with Gasteiger partial charge in [-0.3, -0.25) is 0 Å². The fourth-order valence-corrected chi connectivity index (χ4v) is 6.71. The third kappa shape index (κ3) is 1.98. The lowest BCUT2D eigenvalue weighted by Crippen LogP contribution is -2.49. The molecule has 128 valence electrons. The van der Waals surface area contributed by atoms with Crippen LogP contribution in [0.4, 0.5) is 0 Å². The van der Waals surface area contributed by atoms with Crippen molar-refractivity contribution in [2.24, 2.45) is 34.5 Å².